The second kappa shape index (κ2) is 6.74. The van der Waals surface area contributed by atoms with E-state index in [1.807, 2.05) is 0 Å². The van der Waals surface area contributed by atoms with Crippen LogP contribution < -0.4 is 25.4 Å². The maximum Gasteiger partial charge on any atom is 0.254 e. The van der Waals surface area contributed by atoms with Gasteiger partial charge >= 0.3 is 0 Å². The third-order valence-corrected chi connectivity index (χ3v) is 4.60. The molecule has 1 aliphatic carbocycles. The molecule has 1 aliphatic heterocycles. The Bertz CT molecular complexity index is 1040. The van der Waals surface area contributed by atoms with Gasteiger partial charge in [0.2, 0.25) is 5.91 Å². The zero-order valence-electron chi connectivity index (χ0n) is 15.3. The van der Waals surface area contributed by atoms with Crippen molar-refractivity contribution in [1.29, 1.82) is 5.26 Å². The van der Waals surface area contributed by atoms with E-state index in [0.29, 0.717) is 28.4 Å². The van der Waals surface area contributed by atoms with Crippen LogP contribution in [0.15, 0.2) is 18.3 Å². The molecule has 2 amide bonds. The van der Waals surface area contributed by atoms with Gasteiger partial charge in [-0.1, -0.05) is 0 Å². The Balaban J connectivity index is 1.83. The molecule has 28 heavy (non-hydrogen) atoms. The number of nitrogens with one attached hydrogen (secondary N) is 3. The van der Waals surface area contributed by atoms with Gasteiger partial charge in [-0.2, -0.15) is 5.26 Å². The summed E-state index contributed by atoms with van der Waals surface area (Å²) in [7, 11) is 2.95. The molecule has 0 atom stereocenters. The number of aromatic nitrogens is 1. The lowest BCUT2D eigenvalue weighted by Crippen LogP contribution is -2.22. The van der Waals surface area contributed by atoms with Gasteiger partial charge in [0.1, 0.15) is 17.4 Å². The Labute approximate surface area is 160 Å². The Hall–Kier alpha value is -3.80. The summed E-state index contributed by atoms with van der Waals surface area (Å²) < 4.78 is 11.3. The summed E-state index contributed by atoms with van der Waals surface area (Å²) in [6.07, 6.45) is 3.06. The molecule has 0 unspecified atom stereocenters. The zero-order chi connectivity index (χ0) is 19.8. The summed E-state index contributed by atoms with van der Waals surface area (Å²) in [6.45, 7) is 0. The van der Waals surface area contributed by atoms with E-state index >= 15 is 0 Å². The van der Waals surface area contributed by atoms with E-state index in [4.69, 9.17) is 9.47 Å². The molecule has 4 rings (SSSR count). The lowest BCUT2D eigenvalue weighted by Gasteiger charge is -2.26. The first-order valence-corrected chi connectivity index (χ1v) is 8.69. The number of methoxy groups -OCH3 is 1. The SMILES string of the molecule is CNC(=O)c1cnc(NC(=O)C2CC2)c2c1Nc1c(ccc(C#N)c1OC)O2. The molecule has 2 aliphatic rings. The van der Waals surface area contributed by atoms with Crippen molar-refractivity contribution in [3.8, 4) is 23.3 Å². The quantitative estimate of drug-likeness (QED) is 0.636. The molecule has 2 aromatic rings. The molecule has 0 saturated heterocycles. The largest absolute Gasteiger partial charge is 0.493 e. The molecule has 9 heteroatoms. The van der Waals surface area contributed by atoms with Crippen molar-refractivity contribution in [2.75, 3.05) is 24.8 Å². The predicted molar refractivity (Wildman–Crippen MR) is 100 cm³/mol. The lowest BCUT2D eigenvalue weighted by molar-refractivity contribution is -0.117. The monoisotopic (exact) mass is 379 g/mol. The van der Waals surface area contributed by atoms with Gasteiger partial charge in [0.15, 0.2) is 23.1 Å². The standard InChI is InChI=1S/C19H17N5O4/c1-21-19(26)11-8-22-17(24-18(25)9-3-4-9)16-13(11)23-14-12(28-16)6-5-10(7-20)15(14)27-2/h5-6,8-9,23H,3-4H2,1-2H3,(H,21,26)(H,22,24,25). The van der Waals surface area contributed by atoms with Gasteiger partial charge in [-0.15, -0.1) is 0 Å². The van der Waals surface area contributed by atoms with Crippen LogP contribution in [0.1, 0.15) is 28.8 Å². The fourth-order valence-electron chi connectivity index (χ4n) is 2.98. The Morgan fingerprint density at radius 1 is 1.36 bits per heavy atom. The number of nitrogens with zero attached hydrogens (tertiary/aromatic N) is 2. The number of hydrogen-bond acceptors (Lipinski definition) is 7. The Morgan fingerprint density at radius 2 is 2.14 bits per heavy atom. The Morgan fingerprint density at radius 3 is 2.79 bits per heavy atom. The van der Waals surface area contributed by atoms with E-state index in [0.717, 1.165) is 12.8 Å². The van der Waals surface area contributed by atoms with Crippen LogP contribution in [-0.4, -0.2) is 31.0 Å². The highest BCUT2D eigenvalue weighted by molar-refractivity contribution is 6.05. The van der Waals surface area contributed by atoms with Gasteiger partial charge in [0, 0.05) is 19.2 Å². The molecule has 0 spiro atoms. The summed E-state index contributed by atoms with van der Waals surface area (Å²) in [4.78, 5) is 28.7. The molecule has 2 heterocycles. The topological polar surface area (TPSA) is 125 Å². The summed E-state index contributed by atoms with van der Waals surface area (Å²) in [6, 6.07) is 5.25. The van der Waals surface area contributed by atoms with Crippen LogP contribution in [0.5, 0.6) is 17.2 Å². The lowest BCUT2D eigenvalue weighted by atomic mass is 10.1. The van der Waals surface area contributed by atoms with Crippen molar-refractivity contribution in [3.63, 3.8) is 0 Å². The minimum Gasteiger partial charge on any atom is -0.493 e. The minimum absolute atomic E-state index is 0.0156. The first-order chi connectivity index (χ1) is 13.6. The molecule has 0 bridgehead atoms. The van der Waals surface area contributed by atoms with Crippen molar-refractivity contribution in [2.45, 2.75) is 12.8 Å². The fraction of sp³-hybridized carbons (Fsp3) is 0.263. The average Bonchev–Trinajstić information content (AvgIpc) is 3.56. The Kier molecular flexibility index (Phi) is 4.24. The first-order valence-electron chi connectivity index (χ1n) is 8.69. The highest BCUT2D eigenvalue weighted by atomic mass is 16.5. The zero-order valence-corrected chi connectivity index (χ0v) is 15.3. The smallest absolute Gasteiger partial charge is 0.254 e. The summed E-state index contributed by atoms with van der Waals surface area (Å²) >= 11 is 0. The number of amides is 2. The highest BCUT2D eigenvalue weighted by Crippen LogP contribution is 2.51. The number of ether oxygens (including phenoxy) is 2. The van der Waals surface area contributed by atoms with Crippen molar-refractivity contribution in [1.82, 2.24) is 10.3 Å². The van der Waals surface area contributed by atoms with E-state index in [-0.39, 0.29) is 34.9 Å². The van der Waals surface area contributed by atoms with Crippen LogP contribution in [0.2, 0.25) is 0 Å². The second-order valence-electron chi connectivity index (χ2n) is 6.43. The van der Waals surface area contributed by atoms with Crippen molar-refractivity contribution >= 4 is 29.0 Å². The predicted octanol–water partition coefficient (Wildman–Crippen LogP) is 2.52. The van der Waals surface area contributed by atoms with E-state index in [2.05, 4.69) is 27.0 Å². The fourth-order valence-corrected chi connectivity index (χ4v) is 2.98. The number of rotatable bonds is 4. The molecule has 0 radical (unpaired) electrons. The molecular formula is C19H17N5O4. The number of anilines is 3. The van der Waals surface area contributed by atoms with E-state index in [9.17, 15) is 14.9 Å². The van der Waals surface area contributed by atoms with Gasteiger partial charge in [-0.3, -0.25) is 9.59 Å². The van der Waals surface area contributed by atoms with Crippen LogP contribution >= 0.6 is 0 Å². The van der Waals surface area contributed by atoms with Gasteiger partial charge in [-0.25, -0.2) is 4.98 Å². The van der Waals surface area contributed by atoms with E-state index < -0.39 is 0 Å². The summed E-state index contributed by atoms with van der Waals surface area (Å²) in [5.74, 6) is 0.622. The number of benzene rings is 1. The molecule has 1 saturated carbocycles. The maximum absolute atomic E-state index is 12.3. The third-order valence-electron chi connectivity index (χ3n) is 4.60. The van der Waals surface area contributed by atoms with Crippen LogP contribution in [-0.2, 0) is 4.79 Å². The average molecular weight is 379 g/mol. The van der Waals surface area contributed by atoms with Gasteiger partial charge < -0.3 is 25.4 Å². The van der Waals surface area contributed by atoms with Crippen LogP contribution in [0.3, 0.4) is 0 Å². The third kappa shape index (κ3) is 2.85. The molecule has 3 N–H and O–H groups in total. The van der Waals surface area contributed by atoms with E-state index in [1.165, 1.54) is 20.4 Å². The number of fused-ring (bicyclic) bond motifs is 2. The molecule has 1 fully saturated rings. The van der Waals surface area contributed by atoms with Crippen LogP contribution in [0, 0.1) is 17.2 Å². The number of pyridine rings is 1. The number of hydrogen-bond donors (Lipinski definition) is 3. The summed E-state index contributed by atoms with van der Waals surface area (Å²) in [5, 5.41) is 17.7. The number of carbonyl (C=O) groups is 2. The van der Waals surface area contributed by atoms with Crippen molar-refractivity contribution < 1.29 is 19.1 Å². The number of nitriles is 1. The molecule has 1 aromatic heterocycles. The second-order valence-corrected chi connectivity index (χ2v) is 6.43. The highest BCUT2D eigenvalue weighted by Gasteiger charge is 2.33. The summed E-state index contributed by atoms with van der Waals surface area (Å²) in [5.41, 5.74) is 1.31. The molecule has 142 valence electrons. The minimum atomic E-state index is -0.376. The molecule has 9 nitrogen and oxygen atoms in total. The van der Waals surface area contributed by atoms with E-state index in [1.54, 1.807) is 12.1 Å². The molecular weight excluding hydrogens is 362 g/mol. The molecule has 1 aromatic carbocycles. The van der Waals surface area contributed by atoms with Gasteiger partial charge in [0.25, 0.3) is 5.91 Å². The normalized spacial score (nSPS) is 13.8. The van der Waals surface area contributed by atoms with Crippen LogP contribution in [0.4, 0.5) is 17.2 Å². The maximum atomic E-state index is 12.3. The van der Waals surface area contributed by atoms with Crippen molar-refractivity contribution in [3.05, 3.63) is 29.5 Å². The van der Waals surface area contributed by atoms with Crippen molar-refractivity contribution in [2.24, 2.45) is 5.92 Å². The first kappa shape index (κ1) is 17.6. The van der Waals surface area contributed by atoms with Gasteiger partial charge in [0.05, 0.1) is 18.2 Å². The van der Waals surface area contributed by atoms with Crippen LogP contribution in [0.25, 0.3) is 0 Å². The van der Waals surface area contributed by atoms with Gasteiger partial charge in [-0.05, 0) is 25.0 Å². The number of carbonyl (C=O) groups excluding carboxylic acids is 2.